The zero-order chi connectivity index (χ0) is 21.5. The molecule has 0 saturated carbocycles. The summed E-state index contributed by atoms with van der Waals surface area (Å²) in [6, 6.07) is 11.7. The van der Waals surface area contributed by atoms with Crippen LogP contribution in [0.5, 0.6) is 0 Å². The van der Waals surface area contributed by atoms with Crippen molar-refractivity contribution < 1.29 is 18.0 Å². The molecule has 4 aromatic rings. The second-order valence-corrected chi connectivity index (χ2v) is 6.80. The number of hydrogen-bond acceptors (Lipinski definition) is 4. The van der Waals surface area contributed by atoms with E-state index in [1.807, 2.05) is 13.0 Å². The number of benzene rings is 1. The predicted octanol–water partition coefficient (Wildman–Crippen LogP) is 4.68. The van der Waals surface area contributed by atoms with E-state index in [1.54, 1.807) is 19.1 Å². The highest BCUT2D eigenvalue weighted by Crippen LogP contribution is 2.36. The maximum Gasteiger partial charge on any atom is 0.417 e. The second kappa shape index (κ2) is 7.25. The molecule has 0 unspecified atom stereocenters. The van der Waals surface area contributed by atoms with Gasteiger partial charge in [-0.2, -0.15) is 22.8 Å². The van der Waals surface area contributed by atoms with Gasteiger partial charge < -0.3 is 5.32 Å². The first-order valence-electron chi connectivity index (χ1n) is 9.00. The molecule has 1 amide bonds. The van der Waals surface area contributed by atoms with E-state index in [0.717, 1.165) is 11.6 Å². The second-order valence-electron chi connectivity index (χ2n) is 6.80. The third kappa shape index (κ3) is 3.73. The van der Waals surface area contributed by atoms with E-state index in [1.165, 1.54) is 35.0 Å². The number of nitrogens with one attached hydrogen (secondary N) is 1. The lowest BCUT2D eigenvalue weighted by Crippen LogP contribution is -2.16. The molecule has 0 spiro atoms. The van der Waals surface area contributed by atoms with E-state index < -0.39 is 17.6 Å². The number of rotatable bonds is 3. The van der Waals surface area contributed by atoms with Gasteiger partial charge in [0.2, 0.25) is 0 Å². The molecule has 0 aliphatic carbocycles. The van der Waals surface area contributed by atoms with Crippen molar-refractivity contribution in [2.45, 2.75) is 20.0 Å². The van der Waals surface area contributed by atoms with Crippen LogP contribution in [0, 0.1) is 13.8 Å². The minimum absolute atomic E-state index is 0.0612. The Hall–Kier alpha value is -3.75. The fourth-order valence-corrected chi connectivity index (χ4v) is 3.19. The molecule has 3 heterocycles. The van der Waals surface area contributed by atoms with Crippen molar-refractivity contribution in [2.24, 2.45) is 0 Å². The largest absolute Gasteiger partial charge is 0.417 e. The average molecular weight is 411 g/mol. The number of carbonyl (C=O) groups excluding carboxylic acids is 1. The van der Waals surface area contributed by atoms with Crippen LogP contribution in [0.4, 0.5) is 19.0 Å². The molecule has 30 heavy (non-hydrogen) atoms. The van der Waals surface area contributed by atoms with Crippen LogP contribution in [0.3, 0.4) is 0 Å². The molecule has 6 nitrogen and oxygen atoms in total. The number of nitrogens with zero attached hydrogens (tertiary/aromatic N) is 4. The molecule has 4 rings (SSSR count). The zero-order valence-corrected chi connectivity index (χ0v) is 16.0. The number of halogens is 3. The fraction of sp³-hybridized carbons (Fsp3) is 0.143. The molecule has 0 saturated heterocycles. The SMILES string of the molecule is Cc1cc(C)nc(C(=O)Nc2cnc3ccc(-c4ccccc4C(F)(F)F)nn23)c1. The number of imidazole rings is 1. The van der Waals surface area contributed by atoms with Crippen molar-refractivity contribution in [1.82, 2.24) is 19.6 Å². The normalized spacial score (nSPS) is 11.6. The Morgan fingerprint density at radius 1 is 1.07 bits per heavy atom. The van der Waals surface area contributed by atoms with Crippen molar-refractivity contribution in [2.75, 3.05) is 5.32 Å². The van der Waals surface area contributed by atoms with Gasteiger partial charge in [0, 0.05) is 11.3 Å². The first kappa shape index (κ1) is 19.6. The van der Waals surface area contributed by atoms with Crippen molar-refractivity contribution in [3.63, 3.8) is 0 Å². The minimum Gasteiger partial charge on any atom is -0.304 e. The topological polar surface area (TPSA) is 72.2 Å². The summed E-state index contributed by atoms with van der Waals surface area (Å²) >= 11 is 0. The number of anilines is 1. The highest BCUT2D eigenvalue weighted by atomic mass is 19.4. The van der Waals surface area contributed by atoms with Crippen LogP contribution >= 0.6 is 0 Å². The number of pyridine rings is 1. The smallest absolute Gasteiger partial charge is 0.304 e. The molecule has 1 aromatic carbocycles. The van der Waals surface area contributed by atoms with E-state index in [9.17, 15) is 18.0 Å². The molecule has 9 heteroatoms. The number of aromatic nitrogens is 4. The van der Waals surface area contributed by atoms with Gasteiger partial charge in [-0.25, -0.2) is 9.97 Å². The van der Waals surface area contributed by atoms with Gasteiger partial charge in [-0.1, -0.05) is 18.2 Å². The van der Waals surface area contributed by atoms with Crippen molar-refractivity contribution in [1.29, 1.82) is 0 Å². The molecular formula is C21H16F3N5O. The summed E-state index contributed by atoms with van der Waals surface area (Å²) in [4.78, 5) is 21.0. The molecule has 0 aliphatic heterocycles. The third-order valence-corrected chi connectivity index (χ3v) is 4.44. The number of carbonyl (C=O) groups is 1. The third-order valence-electron chi connectivity index (χ3n) is 4.44. The van der Waals surface area contributed by atoms with Crippen LogP contribution in [-0.2, 0) is 6.18 Å². The quantitative estimate of drug-likeness (QED) is 0.531. The highest BCUT2D eigenvalue weighted by molar-refractivity contribution is 6.02. The van der Waals surface area contributed by atoms with Gasteiger partial charge in [0.15, 0.2) is 11.5 Å². The number of aryl methyl sites for hydroxylation is 2. The summed E-state index contributed by atoms with van der Waals surface area (Å²) in [5.41, 5.74) is 1.44. The first-order valence-corrected chi connectivity index (χ1v) is 9.00. The molecular weight excluding hydrogens is 395 g/mol. The van der Waals surface area contributed by atoms with Gasteiger partial charge in [0.1, 0.15) is 5.69 Å². The van der Waals surface area contributed by atoms with Crippen LogP contribution in [0.1, 0.15) is 27.3 Å². The number of alkyl halides is 3. The summed E-state index contributed by atoms with van der Waals surface area (Å²) in [7, 11) is 0. The summed E-state index contributed by atoms with van der Waals surface area (Å²) < 4.78 is 41.4. The molecule has 3 aromatic heterocycles. The highest BCUT2D eigenvalue weighted by Gasteiger charge is 2.33. The van der Waals surface area contributed by atoms with Crippen LogP contribution in [-0.4, -0.2) is 25.5 Å². The van der Waals surface area contributed by atoms with Gasteiger partial charge >= 0.3 is 6.18 Å². The van der Waals surface area contributed by atoms with Gasteiger partial charge in [0.05, 0.1) is 17.5 Å². The summed E-state index contributed by atoms with van der Waals surface area (Å²) in [5, 5.41) is 6.95. The zero-order valence-electron chi connectivity index (χ0n) is 16.0. The van der Waals surface area contributed by atoms with E-state index in [0.29, 0.717) is 11.3 Å². The molecule has 1 N–H and O–H groups in total. The predicted molar refractivity (Wildman–Crippen MR) is 105 cm³/mol. The van der Waals surface area contributed by atoms with Crippen LogP contribution in [0.2, 0.25) is 0 Å². The summed E-state index contributed by atoms with van der Waals surface area (Å²) in [5.74, 6) is -0.242. The molecule has 152 valence electrons. The molecule has 0 radical (unpaired) electrons. The lowest BCUT2D eigenvalue weighted by atomic mass is 10.0. The van der Waals surface area contributed by atoms with Gasteiger partial charge in [-0.05, 0) is 49.7 Å². The lowest BCUT2D eigenvalue weighted by molar-refractivity contribution is -0.137. The summed E-state index contributed by atoms with van der Waals surface area (Å²) in [6.07, 6.45) is -3.13. The van der Waals surface area contributed by atoms with Crippen LogP contribution in [0.25, 0.3) is 16.9 Å². The Morgan fingerprint density at radius 3 is 2.57 bits per heavy atom. The van der Waals surface area contributed by atoms with Gasteiger partial charge in [0.25, 0.3) is 5.91 Å². The Balaban J connectivity index is 1.74. The molecule has 0 atom stereocenters. The Bertz CT molecular complexity index is 1240. The van der Waals surface area contributed by atoms with E-state index >= 15 is 0 Å². The van der Waals surface area contributed by atoms with Crippen LogP contribution in [0.15, 0.2) is 54.7 Å². The van der Waals surface area contributed by atoms with Gasteiger partial charge in [-0.15, -0.1) is 0 Å². The standard InChI is InChI=1S/C21H16F3N5O/c1-12-9-13(2)26-17(10-12)20(30)27-19-11-25-18-8-7-16(28-29(18)19)14-5-3-4-6-15(14)21(22,23)24/h3-11H,1-2H3,(H,27,30). The molecule has 0 bridgehead atoms. The monoisotopic (exact) mass is 411 g/mol. The summed E-state index contributed by atoms with van der Waals surface area (Å²) in [6.45, 7) is 3.63. The fourth-order valence-electron chi connectivity index (χ4n) is 3.19. The Kier molecular flexibility index (Phi) is 4.73. The lowest BCUT2D eigenvalue weighted by Gasteiger charge is -2.12. The van der Waals surface area contributed by atoms with E-state index in [-0.39, 0.29) is 22.8 Å². The maximum absolute atomic E-state index is 13.4. The van der Waals surface area contributed by atoms with Crippen molar-refractivity contribution in [3.05, 3.63) is 77.2 Å². The molecule has 0 aliphatic rings. The Morgan fingerprint density at radius 2 is 1.83 bits per heavy atom. The van der Waals surface area contributed by atoms with Crippen molar-refractivity contribution in [3.8, 4) is 11.3 Å². The average Bonchev–Trinajstić information content (AvgIpc) is 3.08. The number of hydrogen-bond donors (Lipinski definition) is 1. The number of fused-ring (bicyclic) bond motifs is 1. The van der Waals surface area contributed by atoms with Gasteiger partial charge in [-0.3, -0.25) is 4.79 Å². The Labute approximate surface area is 169 Å². The minimum atomic E-state index is -4.52. The van der Waals surface area contributed by atoms with Crippen LogP contribution < -0.4 is 5.32 Å². The van der Waals surface area contributed by atoms with E-state index in [4.69, 9.17) is 0 Å². The maximum atomic E-state index is 13.4. The first-order chi connectivity index (χ1) is 14.2. The molecule has 0 fully saturated rings. The van der Waals surface area contributed by atoms with E-state index in [2.05, 4.69) is 20.4 Å². The van der Waals surface area contributed by atoms with Crippen molar-refractivity contribution >= 4 is 17.4 Å². The number of amides is 1.